The van der Waals surface area contributed by atoms with E-state index in [4.69, 9.17) is 9.26 Å². The molecule has 1 N–H and O–H groups in total. The molecule has 0 radical (unpaired) electrons. The van der Waals surface area contributed by atoms with Gasteiger partial charge in [0.1, 0.15) is 5.60 Å². The Labute approximate surface area is 114 Å². The van der Waals surface area contributed by atoms with E-state index in [-0.39, 0.29) is 5.60 Å². The van der Waals surface area contributed by atoms with Gasteiger partial charge < -0.3 is 14.6 Å². The average molecular weight is 265 g/mol. The Bertz CT molecular complexity index is 407. The van der Waals surface area contributed by atoms with Crippen molar-refractivity contribution < 1.29 is 9.26 Å². The Morgan fingerprint density at radius 1 is 1.37 bits per heavy atom. The second-order valence-electron chi connectivity index (χ2n) is 5.63. The van der Waals surface area contributed by atoms with E-state index in [1.807, 2.05) is 6.92 Å². The topological polar surface area (TPSA) is 60.2 Å². The van der Waals surface area contributed by atoms with E-state index in [0.717, 1.165) is 44.1 Å². The average Bonchev–Trinajstić information content (AvgIpc) is 3.09. The molecule has 19 heavy (non-hydrogen) atoms. The van der Waals surface area contributed by atoms with Gasteiger partial charge in [0.05, 0.1) is 5.92 Å². The fourth-order valence-electron chi connectivity index (χ4n) is 3.30. The Balaban J connectivity index is 1.79. The first-order valence-electron chi connectivity index (χ1n) is 7.53. The molecule has 106 valence electrons. The van der Waals surface area contributed by atoms with E-state index in [2.05, 4.69) is 15.5 Å². The number of nitrogens with zero attached hydrogens (tertiary/aromatic N) is 2. The number of hydrogen-bond acceptors (Lipinski definition) is 5. The largest absolute Gasteiger partial charge is 0.367 e. The molecule has 1 aliphatic heterocycles. The van der Waals surface area contributed by atoms with Crippen molar-refractivity contribution in [1.29, 1.82) is 0 Å². The van der Waals surface area contributed by atoms with Crippen molar-refractivity contribution in [2.45, 2.75) is 57.0 Å². The lowest BCUT2D eigenvalue weighted by atomic mass is 9.99. The third kappa shape index (κ3) is 2.54. The molecule has 1 aromatic heterocycles. The fourth-order valence-corrected chi connectivity index (χ4v) is 3.30. The zero-order chi connectivity index (χ0) is 13.1. The second-order valence-corrected chi connectivity index (χ2v) is 5.63. The second kappa shape index (κ2) is 5.59. The van der Waals surface area contributed by atoms with Gasteiger partial charge in [-0.05, 0) is 52.0 Å². The van der Waals surface area contributed by atoms with Gasteiger partial charge in [0.2, 0.25) is 11.7 Å². The van der Waals surface area contributed by atoms with E-state index in [1.165, 1.54) is 19.3 Å². The number of piperidine rings is 1. The maximum absolute atomic E-state index is 5.98. The van der Waals surface area contributed by atoms with Crippen LogP contribution in [0.15, 0.2) is 4.52 Å². The molecule has 1 atom stereocenters. The lowest BCUT2D eigenvalue weighted by Gasteiger charge is -2.24. The molecule has 1 aromatic rings. The summed E-state index contributed by atoms with van der Waals surface area (Å²) in [6.45, 7) is 4.78. The summed E-state index contributed by atoms with van der Waals surface area (Å²) in [5.41, 5.74) is -0.279. The number of ether oxygens (including phenoxy) is 1. The van der Waals surface area contributed by atoms with Crippen LogP contribution in [0, 0.1) is 0 Å². The van der Waals surface area contributed by atoms with Crippen LogP contribution >= 0.6 is 0 Å². The van der Waals surface area contributed by atoms with E-state index < -0.39 is 0 Å². The van der Waals surface area contributed by atoms with Crippen LogP contribution in [0.5, 0.6) is 0 Å². The lowest BCUT2D eigenvalue weighted by Crippen LogP contribution is -2.29. The van der Waals surface area contributed by atoms with E-state index >= 15 is 0 Å². The summed E-state index contributed by atoms with van der Waals surface area (Å²) in [4.78, 5) is 4.66. The van der Waals surface area contributed by atoms with Gasteiger partial charge in [-0.3, -0.25) is 0 Å². The highest BCUT2D eigenvalue weighted by atomic mass is 16.5. The van der Waals surface area contributed by atoms with Crippen LogP contribution in [-0.4, -0.2) is 29.8 Å². The van der Waals surface area contributed by atoms with Crippen molar-refractivity contribution >= 4 is 0 Å². The molecule has 0 bridgehead atoms. The number of nitrogens with one attached hydrogen (secondary N) is 1. The molecule has 0 amide bonds. The minimum atomic E-state index is -0.279. The summed E-state index contributed by atoms with van der Waals surface area (Å²) in [5, 5.41) is 7.61. The van der Waals surface area contributed by atoms with Crippen LogP contribution in [0.2, 0.25) is 0 Å². The lowest BCUT2D eigenvalue weighted by molar-refractivity contribution is -0.0469. The highest BCUT2D eigenvalue weighted by Crippen LogP contribution is 2.41. The van der Waals surface area contributed by atoms with Crippen LogP contribution < -0.4 is 5.32 Å². The number of aromatic nitrogens is 2. The molecule has 2 heterocycles. The van der Waals surface area contributed by atoms with Gasteiger partial charge in [-0.25, -0.2) is 0 Å². The van der Waals surface area contributed by atoms with E-state index in [9.17, 15) is 0 Å². The first kappa shape index (κ1) is 13.1. The molecule has 1 saturated carbocycles. The molecule has 0 unspecified atom stereocenters. The summed E-state index contributed by atoms with van der Waals surface area (Å²) in [6.07, 6.45) is 6.73. The van der Waals surface area contributed by atoms with Gasteiger partial charge in [0.15, 0.2) is 0 Å². The van der Waals surface area contributed by atoms with E-state index in [1.54, 1.807) is 0 Å². The summed E-state index contributed by atoms with van der Waals surface area (Å²) in [7, 11) is 0. The molecule has 2 aliphatic rings. The van der Waals surface area contributed by atoms with Gasteiger partial charge >= 0.3 is 0 Å². The molecule has 5 heteroatoms. The monoisotopic (exact) mass is 265 g/mol. The molecule has 5 nitrogen and oxygen atoms in total. The van der Waals surface area contributed by atoms with Crippen LogP contribution in [0.4, 0.5) is 0 Å². The first-order chi connectivity index (χ1) is 9.34. The van der Waals surface area contributed by atoms with Gasteiger partial charge in [0, 0.05) is 13.2 Å². The summed E-state index contributed by atoms with van der Waals surface area (Å²) in [6, 6.07) is 0. The van der Waals surface area contributed by atoms with Crippen molar-refractivity contribution in [3.05, 3.63) is 11.7 Å². The molecular weight excluding hydrogens is 242 g/mol. The quantitative estimate of drug-likeness (QED) is 0.905. The summed E-state index contributed by atoms with van der Waals surface area (Å²) < 4.78 is 11.5. The van der Waals surface area contributed by atoms with Crippen molar-refractivity contribution in [1.82, 2.24) is 15.5 Å². The fraction of sp³-hybridized carbons (Fsp3) is 0.857. The third-order valence-electron chi connectivity index (χ3n) is 4.33. The Morgan fingerprint density at radius 3 is 2.89 bits per heavy atom. The van der Waals surface area contributed by atoms with Gasteiger partial charge in [-0.2, -0.15) is 4.98 Å². The molecule has 3 rings (SSSR count). The minimum Gasteiger partial charge on any atom is -0.367 e. The van der Waals surface area contributed by atoms with Crippen LogP contribution in [0.3, 0.4) is 0 Å². The zero-order valence-electron chi connectivity index (χ0n) is 11.7. The summed E-state index contributed by atoms with van der Waals surface area (Å²) in [5.74, 6) is 1.93. The first-order valence-corrected chi connectivity index (χ1v) is 7.53. The van der Waals surface area contributed by atoms with Crippen molar-refractivity contribution in [2.75, 3.05) is 19.7 Å². The molecule has 2 fully saturated rings. The molecule has 0 aromatic carbocycles. The summed E-state index contributed by atoms with van der Waals surface area (Å²) >= 11 is 0. The normalized spacial score (nSPS) is 26.7. The smallest absolute Gasteiger partial charge is 0.231 e. The van der Waals surface area contributed by atoms with Gasteiger partial charge in [0.25, 0.3) is 0 Å². The highest BCUT2D eigenvalue weighted by Gasteiger charge is 2.41. The number of rotatable bonds is 4. The molecule has 1 saturated heterocycles. The zero-order valence-corrected chi connectivity index (χ0v) is 11.7. The van der Waals surface area contributed by atoms with Crippen molar-refractivity contribution in [3.63, 3.8) is 0 Å². The number of hydrogen-bond donors (Lipinski definition) is 1. The Kier molecular flexibility index (Phi) is 3.84. The van der Waals surface area contributed by atoms with Crippen LogP contribution in [0.1, 0.15) is 63.1 Å². The highest BCUT2D eigenvalue weighted by molar-refractivity contribution is 5.07. The van der Waals surface area contributed by atoms with E-state index in [0.29, 0.717) is 12.5 Å². The van der Waals surface area contributed by atoms with Gasteiger partial charge in [-0.15, -0.1) is 0 Å². The van der Waals surface area contributed by atoms with Crippen molar-refractivity contribution in [3.8, 4) is 0 Å². The van der Waals surface area contributed by atoms with Gasteiger partial charge in [-0.1, -0.05) is 5.16 Å². The Morgan fingerprint density at radius 2 is 2.21 bits per heavy atom. The minimum absolute atomic E-state index is 0.279. The predicted molar refractivity (Wildman–Crippen MR) is 70.9 cm³/mol. The Hall–Kier alpha value is -0.940. The standard InChI is InChI=1S/C14H23N3O2/c1-2-18-14(7-3-4-8-14)13-16-12(19-17-13)11-6-5-9-15-10-11/h11,15H,2-10H2,1H3/t11-/m0/s1. The SMILES string of the molecule is CCOC1(c2noc([C@H]3CCCNC3)n2)CCCC1. The predicted octanol–water partition coefficient (Wildman–Crippen LogP) is 2.34. The maximum Gasteiger partial charge on any atom is 0.231 e. The third-order valence-corrected chi connectivity index (χ3v) is 4.33. The molecule has 0 spiro atoms. The van der Waals surface area contributed by atoms with Crippen molar-refractivity contribution in [2.24, 2.45) is 0 Å². The maximum atomic E-state index is 5.98. The molecular formula is C14H23N3O2. The van der Waals surface area contributed by atoms with Crippen LogP contribution in [-0.2, 0) is 10.3 Å². The molecule has 1 aliphatic carbocycles. The van der Waals surface area contributed by atoms with Crippen LogP contribution in [0.25, 0.3) is 0 Å².